The minimum Gasteiger partial charge on any atom is -0.493 e. The van der Waals surface area contributed by atoms with Gasteiger partial charge in [0.05, 0.1) is 29.5 Å². The van der Waals surface area contributed by atoms with Crippen LogP contribution in [-0.2, 0) is 37.7 Å². The lowest BCUT2D eigenvalue weighted by atomic mass is 9.93. The van der Waals surface area contributed by atoms with Gasteiger partial charge in [0.25, 0.3) is 5.91 Å². The molecule has 46 heavy (non-hydrogen) atoms. The van der Waals surface area contributed by atoms with Gasteiger partial charge >= 0.3 is 0 Å². The van der Waals surface area contributed by atoms with Crippen LogP contribution in [0.25, 0.3) is 10.8 Å². The molecule has 0 N–H and O–H groups in total. The maximum Gasteiger partial charge on any atom is 0.258 e. The van der Waals surface area contributed by atoms with Crippen LogP contribution in [0, 0.1) is 5.92 Å². The molecule has 1 atom stereocenters. The molecule has 2 fully saturated rings. The molecule has 0 saturated carbocycles. The maximum atomic E-state index is 13.9. The van der Waals surface area contributed by atoms with E-state index in [9.17, 15) is 26.4 Å². The summed E-state index contributed by atoms with van der Waals surface area (Å²) in [5, 5.41) is 1.67. The van der Waals surface area contributed by atoms with E-state index in [0.717, 1.165) is 53.3 Å². The van der Waals surface area contributed by atoms with Gasteiger partial charge in [-0.25, -0.2) is 21.1 Å². The fourth-order valence-electron chi connectivity index (χ4n) is 7.60. The molecule has 10 nitrogen and oxygen atoms in total. The predicted octanol–water partition coefficient (Wildman–Crippen LogP) is 4.15. The van der Waals surface area contributed by atoms with E-state index in [-0.39, 0.29) is 23.0 Å². The number of fused-ring (bicyclic) bond motifs is 1. The molecule has 0 spiro atoms. The van der Waals surface area contributed by atoms with Gasteiger partial charge in [0.15, 0.2) is 5.78 Å². The van der Waals surface area contributed by atoms with Crippen LogP contribution in [0.1, 0.15) is 60.0 Å². The zero-order valence-corrected chi connectivity index (χ0v) is 27.6. The number of carbonyl (C=O) groups excluding carboxylic acids is 2. The van der Waals surface area contributed by atoms with Crippen LogP contribution in [0.5, 0.6) is 5.75 Å². The molecule has 4 aliphatic rings. The van der Waals surface area contributed by atoms with Gasteiger partial charge in [-0.2, -0.15) is 4.31 Å². The molecule has 0 aromatic heterocycles. The Kier molecular flexibility index (Phi) is 8.19. The number of anilines is 1. The maximum absolute atomic E-state index is 13.9. The molecule has 0 radical (unpaired) electrons. The summed E-state index contributed by atoms with van der Waals surface area (Å²) in [7, 11) is -7.07. The van der Waals surface area contributed by atoms with Crippen LogP contribution in [0.4, 0.5) is 5.69 Å². The van der Waals surface area contributed by atoms with Crippen molar-refractivity contribution in [3.05, 3.63) is 65.2 Å². The second kappa shape index (κ2) is 12.0. The standard InChI is InChI=1S/C34H39N3O7S2/c1-45(40,41)35-17-12-23(13-18-35)14-19-36-30-10-8-24(27-5-4-6-28(33(27)30)34(36)39)22-31(38)29-7-2-3-16-37(29)46(42,43)26-9-11-32-25(21-26)15-20-44-32/h4-6,8-11,21,23,29H,2-3,7,12-20,22H2,1H3. The third-order valence-corrected chi connectivity index (χ3v) is 13.3. The number of hydrogen-bond acceptors (Lipinski definition) is 7. The highest BCUT2D eigenvalue weighted by Crippen LogP contribution is 2.40. The fourth-order valence-corrected chi connectivity index (χ4v) is 10.2. The first-order chi connectivity index (χ1) is 22.0. The van der Waals surface area contributed by atoms with Crippen LogP contribution >= 0.6 is 0 Å². The lowest BCUT2D eigenvalue weighted by molar-refractivity contribution is -0.122. The number of ether oxygens (including phenoxy) is 1. The molecule has 0 aliphatic carbocycles. The van der Waals surface area contributed by atoms with Crippen molar-refractivity contribution >= 4 is 48.2 Å². The van der Waals surface area contributed by atoms with Gasteiger partial charge in [0, 0.05) is 50.0 Å². The second-order valence-corrected chi connectivity index (χ2v) is 16.8. The van der Waals surface area contributed by atoms with Crippen molar-refractivity contribution < 1.29 is 31.2 Å². The largest absolute Gasteiger partial charge is 0.493 e. The number of Topliss-reactive ketones (excluding diaryl/α,β-unsaturated/α-hetero) is 1. The first-order valence-corrected chi connectivity index (χ1v) is 19.4. The summed E-state index contributed by atoms with van der Waals surface area (Å²) in [6, 6.07) is 13.6. The Labute approximate surface area is 270 Å². The summed E-state index contributed by atoms with van der Waals surface area (Å²) in [4.78, 5) is 29.5. The van der Waals surface area contributed by atoms with Gasteiger partial charge in [-0.05, 0) is 84.9 Å². The molecule has 4 heterocycles. The van der Waals surface area contributed by atoms with Crippen LogP contribution in [0.15, 0.2) is 53.4 Å². The van der Waals surface area contributed by atoms with Gasteiger partial charge in [0.2, 0.25) is 20.0 Å². The molecule has 2 saturated heterocycles. The number of ketones is 1. The Balaban J connectivity index is 1.09. The summed E-state index contributed by atoms with van der Waals surface area (Å²) in [5.41, 5.74) is 3.08. The van der Waals surface area contributed by atoms with Crippen molar-refractivity contribution in [1.29, 1.82) is 0 Å². The molecule has 1 amide bonds. The van der Waals surface area contributed by atoms with Crippen molar-refractivity contribution in [3.8, 4) is 5.75 Å². The number of amides is 1. The molecule has 244 valence electrons. The molecule has 7 rings (SSSR count). The number of rotatable bonds is 9. The van der Waals surface area contributed by atoms with E-state index in [4.69, 9.17) is 4.74 Å². The lowest BCUT2D eigenvalue weighted by Crippen LogP contribution is -2.48. The highest BCUT2D eigenvalue weighted by atomic mass is 32.2. The number of piperidine rings is 2. The van der Waals surface area contributed by atoms with Crippen molar-refractivity contribution in [2.75, 3.05) is 43.9 Å². The minimum absolute atomic E-state index is 0.0676. The van der Waals surface area contributed by atoms with E-state index in [0.29, 0.717) is 69.3 Å². The number of carbonyl (C=O) groups is 2. The third kappa shape index (κ3) is 5.63. The van der Waals surface area contributed by atoms with Gasteiger partial charge < -0.3 is 9.64 Å². The van der Waals surface area contributed by atoms with E-state index < -0.39 is 26.1 Å². The summed E-state index contributed by atoms with van der Waals surface area (Å²) in [6.07, 6.45) is 6.26. The Morgan fingerprint density at radius 3 is 2.54 bits per heavy atom. The monoisotopic (exact) mass is 665 g/mol. The minimum atomic E-state index is -3.88. The van der Waals surface area contributed by atoms with E-state index in [2.05, 4.69) is 0 Å². The molecule has 1 unspecified atom stereocenters. The zero-order chi connectivity index (χ0) is 32.2. The van der Waals surface area contributed by atoms with Gasteiger partial charge in [0.1, 0.15) is 5.75 Å². The highest BCUT2D eigenvalue weighted by molar-refractivity contribution is 7.89. The fraction of sp³-hybridized carbons (Fsp3) is 0.471. The summed E-state index contributed by atoms with van der Waals surface area (Å²) < 4.78 is 59.9. The lowest BCUT2D eigenvalue weighted by Gasteiger charge is -2.34. The number of hydrogen-bond donors (Lipinski definition) is 0. The number of benzene rings is 3. The van der Waals surface area contributed by atoms with Gasteiger partial charge in [-0.1, -0.05) is 24.6 Å². The SMILES string of the molecule is CS(=O)(=O)N1CCC(CCN2C(=O)c3cccc4c(CC(=O)C5CCCCN5S(=O)(=O)c5ccc6c(c5)CCO6)ccc2c34)CC1. The predicted molar refractivity (Wildman–Crippen MR) is 175 cm³/mol. The van der Waals surface area contributed by atoms with Gasteiger partial charge in [-0.15, -0.1) is 0 Å². The zero-order valence-electron chi connectivity index (χ0n) is 26.0. The normalized spacial score (nSPS) is 21.1. The first-order valence-electron chi connectivity index (χ1n) is 16.1. The Bertz CT molecular complexity index is 1940. The summed E-state index contributed by atoms with van der Waals surface area (Å²) >= 11 is 0. The highest BCUT2D eigenvalue weighted by Gasteiger charge is 2.39. The van der Waals surface area contributed by atoms with Crippen LogP contribution in [0.2, 0.25) is 0 Å². The van der Waals surface area contributed by atoms with Crippen molar-refractivity contribution in [1.82, 2.24) is 8.61 Å². The number of nitrogens with zero attached hydrogens (tertiary/aromatic N) is 3. The van der Waals surface area contributed by atoms with E-state index in [1.54, 1.807) is 18.2 Å². The molecule has 3 aromatic rings. The van der Waals surface area contributed by atoms with Crippen LogP contribution < -0.4 is 9.64 Å². The Hall–Kier alpha value is -3.32. The van der Waals surface area contributed by atoms with Crippen LogP contribution in [0.3, 0.4) is 0 Å². The Morgan fingerprint density at radius 2 is 1.76 bits per heavy atom. The molecular weight excluding hydrogens is 627 g/mol. The second-order valence-electron chi connectivity index (χ2n) is 13.0. The van der Waals surface area contributed by atoms with Crippen molar-refractivity contribution in [2.45, 2.75) is 62.3 Å². The van der Waals surface area contributed by atoms with Crippen LogP contribution in [-0.4, -0.2) is 82.2 Å². The average molecular weight is 666 g/mol. The topological polar surface area (TPSA) is 121 Å². The van der Waals surface area contributed by atoms with Crippen molar-refractivity contribution in [3.63, 3.8) is 0 Å². The average Bonchev–Trinajstić information content (AvgIpc) is 3.63. The smallest absolute Gasteiger partial charge is 0.258 e. The summed E-state index contributed by atoms with van der Waals surface area (Å²) in [6.45, 7) is 2.38. The van der Waals surface area contributed by atoms with Crippen molar-refractivity contribution in [2.24, 2.45) is 5.92 Å². The third-order valence-electron chi connectivity index (χ3n) is 10.1. The molecular formula is C34H39N3O7S2. The quantitative estimate of drug-likeness (QED) is 0.337. The number of sulfonamides is 2. The first kappa shape index (κ1) is 31.3. The molecule has 4 aliphatic heterocycles. The Morgan fingerprint density at radius 1 is 0.957 bits per heavy atom. The molecule has 12 heteroatoms. The van der Waals surface area contributed by atoms with Gasteiger partial charge in [-0.3, -0.25) is 9.59 Å². The van der Waals surface area contributed by atoms with E-state index in [1.807, 2.05) is 35.2 Å². The van der Waals surface area contributed by atoms with E-state index in [1.165, 1.54) is 14.9 Å². The molecule has 3 aromatic carbocycles. The van der Waals surface area contributed by atoms with E-state index >= 15 is 0 Å². The summed E-state index contributed by atoms with van der Waals surface area (Å²) in [5.74, 6) is 0.836. The molecule has 0 bridgehead atoms.